The number of benzene rings is 1. The zero-order valence-electron chi connectivity index (χ0n) is 9.03. The Morgan fingerprint density at radius 3 is 2.69 bits per heavy atom. The number of carboxylic acid groups (broad SMARTS) is 1. The summed E-state index contributed by atoms with van der Waals surface area (Å²) < 4.78 is 18.3. The Labute approximate surface area is 92.3 Å². The van der Waals surface area contributed by atoms with Crippen LogP contribution in [0.5, 0.6) is 5.75 Å². The summed E-state index contributed by atoms with van der Waals surface area (Å²) in [5.41, 5.74) is 0.742. The van der Waals surface area contributed by atoms with Gasteiger partial charge in [0.1, 0.15) is 11.6 Å². The number of aryl methyl sites for hydroxylation is 1. The maximum absolute atomic E-state index is 13.3. The van der Waals surface area contributed by atoms with Gasteiger partial charge in [-0.05, 0) is 24.6 Å². The molecule has 0 aromatic heterocycles. The van der Waals surface area contributed by atoms with Crippen molar-refractivity contribution in [3.05, 3.63) is 29.1 Å². The number of aliphatic hydroxyl groups excluding tert-OH is 1. The smallest absolute Gasteiger partial charge is 0.332 e. The molecule has 0 fully saturated rings. The summed E-state index contributed by atoms with van der Waals surface area (Å²) in [5, 5.41) is 17.7. The number of aliphatic hydroxyl groups is 1. The molecule has 1 unspecified atom stereocenters. The zero-order chi connectivity index (χ0) is 12.3. The lowest BCUT2D eigenvalue weighted by molar-refractivity contribution is -0.146. The van der Waals surface area contributed by atoms with Crippen molar-refractivity contribution in [2.45, 2.75) is 19.4 Å². The first-order valence-corrected chi connectivity index (χ1v) is 4.69. The predicted octanol–water partition coefficient (Wildman–Crippen LogP) is 1.13. The lowest BCUT2D eigenvalue weighted by Crippen LogP contribution is -2.22. The number of methoxy groups -OCH3 is 1. The Morgan fingerprint density at radius 2 is 2.19 bits per heavy atom. The largest absolute Gasteiger partial charge is 0.496 e. The van der Waals surface area contributed by atoms with Gasteiger partial charge in [-0.25, -0.2) is 9.18 Å². The SMILES string of the molecule is COc1cc(C)c(F)cc1CC(O)C(=O)O. The van der Waals surface area contributed by atoms with Crippen molar-refractivity contribution in [2.24, 2.45) is 0 Å². The number of ether oxygens (including phenoxy) is 1. The highest BCUT2D eigenvalue weighted by Crippen LogP contribution is 2.23. The molecule has 4 nitrogen and oxygen atoms in total. The van der Waals surface area contributed by atoms with E-state index in [2.05, 4.69) is 0 Å². The average molecular weight is 228 g/mol. The molecule has 0 aliphatic carbocycles. The van der Waals surface area contributed by atoms with E-state index in [1.54, 1.807) is 6.92 Å². The highest BCUT2D eigenvalue weighted by atomic mass is 19.1. The van der Waals surface area contributed by atoms with Crippen LogP contribution in [0.2, 0.25) is 0 Å². The molecule has 1 rings (SSSR count). The van der Waals surface area contributed by atoms with Crippen molar-refractivity contribution >= 4 is 5.97 Å². The fourth-order valence-electron chi connectivity index (χ4n) is 1.34. The van der Waals surface area contributed by atoms with E-state index >= 15 is 0 Å². The first kappa shape index (κ1) is 12.4. The Bertz CT molecular complexity index is 403. The van der Waals surface area contributed by atoms with Crippen LogP contribution in [-0.4, -0.2) is 29.4 Å². The average Bonchev–Trinajstić information content (AvgIpc) is 2.22. The Kier molecular flexibility index (Phi) is 3.84. The van der Waals surface area contributed by atoms with Gasteiger partial charge in [0.25, 0.3) is 0 Å². The highest BCUT2D eigenvalue weighted by molar-refractivity contribution is 5.72. The molecule has 1 aromatic rings. The topological polar surface area (TPSA) is 66.8 Å². The number of carboxylic acids is 1. The van der Waals surface area contributed by atoms with Crippen LogP contribution in [0.25, 0.3) is 0 Å². The maximum atomic E-state index is 13.3. The van der Waals surface area contributed by atoms with Gasteiger partial charge in [0.2, 0.25) is 0 Å². The number of aliphatic carboxylic acids is 1. The zero-order valence-corrected chi connectivity index (χ0v) is 9.03. The minimum atomic E-state index is -1.56. The van der Waals surface area contributed by atoms with E-state index in [9.17, 15) is 14.3 Å². The van der Waals surface area contributed by atoms with Crippen LogP contribution in [0.4, 0.5) is 4.39 Å². The molecule has 0 saturated carbocycles. The van der Waals surface area contributed by atoms with E-state index in [1.165, 1.54) is 19.2 Å². The summed E-state index contributed by atoms with van der Waals surface area (Å²) in [6, 6.07) is 2.65. The third kappa shape index (κ3) is 2.70. The van der Waals surface area contributed by atoms with Gasteiger partial charge in [-0.2, -0.15) is 0 Å². The molecule has 0 aliphatic rings. The van der Waals surface area contributed by atoms with E-state index in [1.807, 2.05) is 0 Å². The minimum Gasteiger partial charge on any atom is -0.496 e. The van der Waals surface area contributed by atoms with E-state index in [0.29, 0.717) is 16.9 Å². The predicted molar refractivity (Wildman–Crippen MR) is 55.0 cm³/mol. The van der Waals surface area contributed by atoms with Gasteiger partial charge in [-0.1, -0.05) is 0 Å². The molecule has 1 atom stereocenters. The number of hydrogen-bond donors (Lipinski definition) is 2. The van der Waals surface area contributed by atoms with Crippen molar-refractivity contribution in [3.8, 4) is 5.75 Å². The molecule has 0 aliphatic heterocycles. The number of hydrogen-bond acceptors (Lipinski definition) is 3. The van der Waals surface area contributed by atoms with Crippen molar-refractivity contribution in [1.82, 2.24) is 0 Å². The highest BCUT2D eigenvalue weighted by Gasteiger charge is 2.17. The second kappa shape index (κ2) is 4.94. The van der Waals surface area contributed by atoms with Gasteiger partial charge < -0.3 is 14.9 Å². The molecule has 0 radical (unpaired) electrons. The van der Waals surface area contributed by atoms with Gasteiger partial charge >= 0.3 is 5.97 Å². The van der Waals surface area contributed by atoms with E-state index in [0.717, 1.165) is 0 Å². The van der Waals surface area contributed by atoms with Crippen molar-refractivity contribution < 1.29 is 24.1 Å². The van der Waals surface area contributed by atoms with Crippen molar-refractivity contribution in [2.75, 3.05) is 7.11 Å². The van der Waals surface area contributed by atoms with Gasteiger partial charge in [0, 0.05) is 12.0 Å². The summed E-state index contributed by atoms with van der Waals surface area (Å²) in [4.78, 5) is 10.5. The number of halogens is 1. The Morgan fingerprint density at radius 1 is 1.56 bits per heavy atom. The third-order valence-corrected chi connectivity index (χ3v) is 2.26. The summed E-state index contributed by atoms with van der Waals surface area (Å²) in [6.07, 6.45) is -1.74. The molecule has 0 spiro atoms. The van der Waals surface area contributed by atoms with Crippen LogP contribution >= 0.6 is 0 Å². The molecule has 88 valence electrons. The molecule has 0 saturated heterocycles. The third-order valence-electron chi connectivity index (χ3n) is 2.26. The maximum Gasteiger partial charge on any atom is 0.332 e. The van der Waals surface area contributed by atoms with Crippen LogP contribution < -0.4 is 4.74 Å². The summed E-state index contributed by atoms with van der Waals surface area (Å²) in [5.74, 6) is -1.42. The van der Waals surface area contributed by atoms with Gasteiger partial charge in [0.15, 0.2) is 6.10 Å². The van der Waals surface area contributed by atoms with Crippen LogP contribution in [0.3, 0.4) is 0 Å². The molecule has 1 aromatic carbocycles. The fraction of sp³-hybridized carbons (Fsp3) is 0.364. The second-order valence-electron chi connectivity index (χ2n) is 3.47. The number of rotatable bonds is 4. The molecule has 2 N–H and O–H groups in total. The monoisotopic (exact) mass is 228 g/mol. The Hall–Kier alpha value is -1.62. The molecular formula is C11H13FO4. The molecule has 16 heavy (non-hydrogen) atoms. The fourth-order valence-corrected chi connectivity index (χ4v) is 1.34. The molecule has 0 bridgehead atoms. The minimum absolute atomic E-state index is 0.185. The quantitative estimate of drug-likeness (QED) is 0.810. The molecule has 0 amide bonds. The normalized spacial score (nSPS) is 12.2. The first-order valence-electron chi connectivity index (χ1n) is 4.69. The molecular weight excluding hydrogens is 215 g/mol. The van der Waals surface area contributed by atoms with E-state index in [4.69, 9.17) is 9.84 Å². The standard InChI is InChI=1S/C11H13FO4/c1-6-3-10(16-2)7(4-8(6)12)5-9(13)11(14)15/h3-4,9,13H,5H2,1-2H3,(H,14,15). The van der Waals surface area contributed by atoms with Crippen molar-refractivity contribution in [1.29, 1.82) is 0 Å². The van der Waals surface area contributed by atoms with Crippen LogP contribution in [0.15, 0.2) is 12.1 Å². The van der Waals surface area contributed by atoms with Crippen LogP contribution in [0.1, 0.15) is 11.1 Å². The summed E-state index contributed by atoms with van der Waals surface area (Å²) in [7, 11) is 1.41. The summed E-state index contributed by atoms with van der Waals surface area (Å²) >= 11 is 0. The summed E-state index contributed by atoms with van der Waals surface area (Å²) in [6.45, 7) is 1.58. The lowest BCUT2D eigenvalue weighted by Gasteiger charge is -2.11. The van der Waals surface area contributed by atoms with Crippen LogP contribution in [-0.2, 0) is 11.2 Å². The van der Waals surface area contributed by atoms with E-state index in [-0.39, 0.29) is 6.42 Å². The van der Waals surface area contributed by atoms with Crippen molar-refractivity contribution in [3.63, 3.8) is 0 Å². The van der Waals surface area contributed by atoms with Gasteiger partial charge in [-0.3, -0.25) is 0 Å². The van der Waals surface area contributed by atoms with Crippen LogP contribution in [0, 0.1) is 12.7 Å². The first-order chi connectivity index (χ1) is 7.45. The van der Waals surface area contributed by atoms with E-state index < -0.39 is 17.9 Å². The van der Waals surface area contributed by atoms with Gasteiger partial charge in [-0.15, -0.1) is 0 Å². The van der Waals surface area contributed by atoms with Gasteiger partial charge in [0.05, 0.1) is 7.11 Å². The molecule has 5 heteroatoms. The molecule has 0 heterocycles. The number of carbonyl (C=O) groups is 1. The Balaban J connectivity index is 3.03. The second-order valence-corrected chi connectivity index (χ2v) is 3.47. The lowest BCUT2D eigenvalue weighted by atomic mass is 10.0.